The van der Waals surface area contributed by atoms with Crippen LogP contribution in [0, 0.1) is 0 Å². The summed E-state index contributed by atoms with van der Waals surface area (Å²) in [6.45, 7) is 4.18. The Kier molecular flexibility index (Phi) is 44.1. The number of carbonyl (C=O) groups is 1. The van der Waals surface area contributed by atoms with E-state index in [0.717, 1.165) is 44.9 Å². The first-order valence-electron chi connectivity index (χ1n) is 24.3. The Morgan fingerprint density at radius 2 is 0.745 bits per heavy atom. The zero-order valence-electron chi connectivity index (χ0n) is 36.8. The van der Waals surface area contributed by atoms with Crippen LogP contribution in [0.1, 0.15) is 251 Å². The minimum Gasteiger partial charge on any atom is -0.394 e. The highest BCUT2D eigenvalue weighted by molar-refractivity contribution is 5.80. The highest BCUT2D eigenvalue weighted by Gasteiger charge is 2.22. The first-order chi connectivity index (χ1) is 27.1. The van der Waals surface area contributed by atoms with Gasteiger partial charge >= 0.3 is 0 Å². The average molecular weight is 774 g/mol. The van der Waals surface area contributed by atoms with E-state index in [0.29, 0.717) is 6.42 Å². The summed E-state index contributed by atoms with van der Waals surface area (Å²) in [6.07, 6.45) is 57.7. The van der Waals surface area contributed by atoms with Crippen LogP contribution in [0.4, 0.5) is 0 Å². The Morgan fingerprint density at radius 3 is 1.11 bits per heavy atom. The van der Waals surface area contributed by atoms with E-state index in [9.17, 15) is 20.1 Å². The topological polar surface area (TPSA) is 89.8 Å². The molecule has 0 aromatic rings. The van der Waals surface area contributed by atoms with Crippen LogP contribution in [0.2, 0.25) is 0 Å². The second kappa shape index (κ2) is 45.3. The molecule has 0 aromatic carbocycles. The van der Waals surface area contributed by atoms with E-state index in [1.54, 1.807) is 6.08 Å². The molecule has 55 heavy (non-hydrogen) atoms. The van der Waals surface area contributed by atoms with E-state index >= 15 is 0 Å². The fraction of sp³-hybridized carbons (Fsp3) is 0.860. The van der Waals surface area contributed by atoms with E-state index in [4.69, 9.17) is 0 Å². The Balaban J connectivity index is 3.69. The molecule has 5 heteroatoms. The van der Waals surface area contributed by atoms with Gasteiger partial charge in [-0.1, -0.05) is 243 Å². The average Bonchev–Trinajstić information content (AvgIpc) is 3.19. The minimum atomic E-state index is -1.11. The summed E-state index contributed by atoms with van der Waals surface area (Å²) in [4.78, 5) is 12.5. The fourth-order valence-corrected chi connectivity index (χ4v) is 7.39. The molecule has 0 aliphatic heterocycles. The van der Waals surface area contributed by atoms with Crippen molar-refractivity contribution in [1.29, 1.82) is 0 Å². The predicted octanol–water partition coefficient (Wildman–Crippen LogP) is 14.3. The summed E-state index contributed by atoms with van der Waals surface area (Å²) >= 11 is 0. The molecule has 0 heterocycles. The van der Waals surface area contributed by atoms with E-state index in [2.05, 4.69) is 43.5 Å². The van der Waals surface area contributed by atoms with Crippen LogP contribution in [0.25, 0.3) is 0 Å². The molecule has 0 spiro atoms. The molecule has 0 fully saturated rings. The van der Waals surface area contributed by atoms with Gasteiger partial charge in [-0.15, -0.1) is 0 Å². The summed E-state index contributed by atoms with van der Waals surface area (Å²) in [7, 11) is 0. The molecular weight excluding hydrogens is 679 g/mol. The van der Waals surface area contributed by atoms with Crippen molar-refractivity contribution in [2.45, 2.75) is 270 Å². The van der Waals surface area contributed by atoms with Crippen LogP contribution in [-0.2, 0) is 4.79 Å². The number of unbranched alkanes of at least 4 members (excludes halogenated alkanes) is 32. The molecule has 4 N–H and O–H groups in total. The molecule has 0 bridgehead atoms. The van der Waals surface area contributed by atoms with Gasteiger partial charge in [-0.05, 0) is 44.9 Å². The smallest absolute Gasteiger partial charge is 0.249 e. The predicted molar refractivity (Wildman–Crippen MR) is 241 cm³/mol. The number of hydrogen-bond acceptors (Lipinski definition) is 4. The Hall–Kier alpha value is -1.43. The monoisotopic (exact) mass is 774 g/mol. The summed E-state index contributed by atoms with van der Waals surface area (Å²) < 4.78 is 0. The number of rotatable bonds is 44. The number of hydrogen-bond donors (Lipinski definition) is 4. The first-order valence-corrected chi connectivity index (χ1v) is 24.3. The third-order valence-corrected chi connectivity index (χ3v) is 11.2. The number of amides is 1. The second-order valence-electron chi connectivity index (χ2n) is 16.7. The second-order valence-corrected chi connectivity index (χ2v) is 16.7. The van der Waals surface area contributed by atoms with Crippen molar-refractivity contribution in [3.8, 4) is 0 Å². The lowest BCUT2D eigenvalue weighted by Gasteiger charge is -2.21. The Morgan fingerprint density at radius 1 is 0.436 bits per heavy atom. The molecule has 0 aliphatic carbocycles. The van der Waals surface area contributed by atoms with Gasteiger partial charge in [0.15, 0.2) is 0 Å². The van der Waals surface area contributed by atoms with Gasteiger partial charge in [0.25, 0.3) is 0 Å². The van der Waals surface area contributed by atoms with E-state index in [1.165, 1.54) is 186 Å². The van der Waals surface area contributed by atoms with Gasteiger partial charge in [0.2, 0.25) is 5.91 Å². The maximum Gasteiger partial charge on any atom is 0.249 e. The fourth-order valence-electron chi connectivity index (χ4n) is 7.39. The number of aliphatic hydroxyl groups is 3. The van der Waals surface area contributed by atoms with Gasteiger partial charge in [0.05, 0.1) is 18.8 Å². The molecule has 3 atom stereocenters. The van der Waals surface area contributed by atoms with E-state index < -0.39 is 24.2 Å². The van der Waals surface area contributed by atoms with Crippen LogP contribution in [0.15, 0.2) is 36.5 Å². The number of nitrogens with one attached hydrogen (secondary N) is 1. The summed E-state index contributed by atoms with van der Waals surface area (Å²) in [5.74, 6) is -0.515. The van der Waals surface area contributed by atoms with Crippen LogP contribution >= 0.6 is 0 Å². The molecule has 0 saturated heterocycles. The number of allylic oxidation sites excluding steroid dienone is 5. The highest BCUT2D eigenvalue weighted by atomic mass is 16.3. The van der Waals surface area contributed by atoms with E-state index in [1.807, 2.05) is 6.08 Å². The zero-order chi connectivity index (χ0) is 40.1. The molecule has 324 valence electrons. The van der Waals surface area contributed by atoms with Crippen LogP contribution in [-0.4, -0.2) is 46.1 Å². The minimum absolute atomic E-state index is 0.379. The molecule has 0 aliphatic rings. The Labute approximate surface area is 343 Å². The normalized spacial score (nSPS) is 13.8. The van der Waals surface area contributed by atoms with Crippen molar-refractivity contribution in [3.05, 3.63) is 36.5 Å². The highest BCUT2D eigenvalue weighted by Crippen LogP contribution is 2.16. The van der Waals surface area contributed by atoms with E-state index in [-0.39, 0.29) is 6.61 Å². The third kappa shape index (κ3) is 40.6. The maximum absolute atomic E-state index is 12.5. The largest absolute Gasteiger partial charge is 0.394 e. The van der Waals surface area contributed by atoms with Gasteiger partial charge < -0.3 is 20.6 Å². The molecular formula is C50H95NO4. The van der Waals surface area contributed by atoms with Crippen LogP contribution < -0.4 is 5.32 Å². The standard InChI is InChI=1S/C50H95NO4/c1-3-5-7-9-11-13-15-17-19-21-22-23-24-25-26-27-28-29-31-32-34-36-38-40-42-44-48(53)47(46-52)51-50(55)49(54)45-43-41-39-37-35-33-30-20-18-16-14-12-10-8-6-4-2/h28-29,34,36,42,44,47-49,52-54H,3-27,30-33,35,37-41,43,45-46H2,1-2H3,(H,51,55)/b29-28+,36-34+,44-42+. The molecule has 1 amide bonds. The summed E-state index contributed by atoms with van der Waals surface area (Å²) in [5, 5.41) is 33.2. The number of carbonyl (C=O) groups excluding carboxylic acids is 1. The van der Waals surface area contributed by atoms with Crippen molar-refractivity contribution in [2.75, 3.05) is 6.61 Å². The SMILES string of the molecule is CCCCCCCCCCCCCCCCC/C=C/CC/C=C/CC/C=C/C(O)C(CO)NC(=O)C(O)CCCCCCCCCCCCCCCCCC. The molecule has 0 aromatic heterocycles. The van der Waals surface area contributed by atoms with Crippen molar-refractivity contribution in [2.24, 2.45) is 0 Å². The quantitative estimate of drug-likeness (QED) is 0.0367. The van der Waals surface area contributed by atoms with Crippen molar-refractivity contribution in [1.82, 2.24) is 5.32 Å². The molecule has 0 saturated carbocycles. The van der Waals surface area contributed by atoms with Gasteiger partial charge in [-0.2, -0.15) is 0 Å². The lowest BCUT2D eigenvalue weighted by atomic mass is 10.0. The van der Waals surface area contributed by atoms with Gasteiger partial charge in [-0.3, -0.25) is 4.79 Å². The lowest BCUT2D eigenvalue weighted by molar-refractivity contribution is -0.131. The van der Waals surface area contributed by atoms with Crippen LogP contribution in [0.3, 0.4) is 0 Å². The first kappa shape index (κ1) is 53.6. The van der Waals surface area contributed by atoms with Gasteiger partial charge in [0.1, 0.15) is 6.10 Å². The maximum atomic E-state index is 12.5. The van der Waals surface area contributed by atoms with Crippen molar-refractivity contribution >= 4 is 5.91 Å². The van der Waals surface area contributed by atoms with Crippen molar-refractivity contribution in [3.63, 3.8) is 0 Å². The van der Waals surface area contributed by atoms with Gasteiger partial charge in [-0.25, -0.2) is 0 Å². The van der Waals surface area contributed by atoms with Crippen molar-refractivity contribution < 1.29 is 20.1 Å². The summed E-state index contributed by atoms with van der Waals surface area (Å²) in [5.41, 5.74) is 0. The molecule has 3 unspecified atom stereocenters. The molecule has 0 rings (SSSR count). The van der Waals surface area contributed by atoms with Crippen LogP contribution in [0.5, 0.6) is 0 Å². The zero-order valence-corrected chi connectivity index (χ0v) is 36.8. The Bertz CT molecular complexity index is 855. The summed E-state index contributed by atoms with van der Waals surface area (Å²) in [6, 6.07) is -0.819. The third-order valence-electron chi connectivity index (χ3n) is 11.2. The lowest BCUT2D eigenvalue weighted by Crippen LogP contribution is -2.48. The number of aliphatic hydroxyl groups excluding tert-OH is 3. The molecule has 5 nitrogen and oxygen atoms in total. The molecule has 0 radical (unpaired) electrons. The van der Waals surface area contributed by atoms with Gasteiger partial charge in [0, 0.05) is 0 Å².